The minimum Gasteiger partial charge on any atom is -0.337 e. The molecule has 0 aromatic rings. The summed E-state index contributed by atoms with van der Waals surface area (Å²) in [6, 6.07) is -0.0233. The normalized spacial score (nSPS) is 12.2. The minimum atomic E-state index is -0.0233. The minimum absolute atomic E-state index is 0.0233. The molecule has 1 unspecified atom stereocenters. The number of nitrogens with one attached hydrogen (secondary N) is 2. The summed E-state index contributed by atoms with van der Waals surface area (Å²) in [5.74, 6) is 0.777. The van der Waals surface area contributed by atoms with E-state index in [0.29, 0.717) is 6.54 Å². The van der Waals surface area contributed by atoms with Crippen LogP contribution in [0.25, 0.3) is 0 Å². The highest BCUT2D eigenvalue weighted by atomic mass is 16.2. The number of urea groups is 1. The van der Waals surface area contributed by atoms with Gasteiger partial charge in [0, 0.05) is 27.2 Å². The molecule has 0 saturated heterocycles. The van der Waals surface area contributed by atoms with Crippen LogP contribution in [0, 0.1) is 5.92 Å². The monoisotopic (exact) mass is 243 g/mol. The van der Waals surface area contributed by atoms with Crippen molar-refractivity contribution in [3.63, 3.8) is 0 Å². The Hall–Kier alpha value is -0.770. The lowest BCUT2D eigenvalue weighted by molar-refractivity contribution is 0.217. The van der Waals surface area contributed by atoms with Gasteiger partial charge in [0.1, 0.15) is 0 Å². The third kappa shape index (κ3) is 8.98. The van der Waals surface area contributed by atoms with E-state index in [4.69, 9.17) is 0 Å². The van der Waals surface area contributed by atoms with Crippen molar-refractivity contribution in [1.82, 2.24) is 15.5 Å². The Labute approximate surface area is 106 Å². The third-order valence-electron chi connectivity index (χ3n) is 2.96. The standard InChI is InChI=1S/C13H29N3O/c1-5-7-8-12(6-2)11-14-9-10-15-13(17)16(3)4/h12,14H,5-11H2,1-4H3,(H,15,17). The molecular formula is C13H29N3O. The van der Waals surface area contributed by atoms with Crippen LogP contribution in [0.4, 0.5) is 4.79 Å². The smallest absolute Gasteiger partial charge is 0.316 e. The van der Waals surface area contributed by atoms with Gasteiger partial charge in [-0.2, -0.15) is 0 Å². The summed E-state index contributed by atoms with van der Waals surface area (Å²) in [4.78, 5) is 12.8. The van der Waals surface area contributed by atoms with Gasteiger partial charge >= 0.3 is 6.03 Å². The van der Waals surface area contributed by atoms with Crippen molar-refractivity contribution in [1.29, 1.82) is 0 Å². The zero-order chi connectivity index (χ0) is 13.1. The fourth-order valence-corrected chi connectivity index (χ4v) is 1.67. The molecule has 0 aliphatic rings. The van der Waals surface area contributed by atoms with Crippen molar-refractivity contribution in [2.75, 3.05) is 33.7 Å². The van der Waals surface area contributed by atoms with Crippen LogP contribution in [-0.4, -0.2) is 44.7 Å². The van der Waals surface area contributed by atoms with E-state index in [9.17, 15) is 4.79 Å². The van der Waals surface area contributed by atoms with E-state index in [1.165, 1.54) is 25.7 Å². The van der Waals surface area contributed by atoms with Gasteiger partial charge in [0.25, 0.3) is 0 Å². The lowest BCUT2D eigenvalue weighted by Gasteiger charge is -2.16. The van der Waals surface area contributed by atoms with Crippen molar-refractivity contribution >= 4 is 6.03 Å². The van der Waals surface area contributed by atoms with Crippen molar-refractivity contribution in [3.8, 4) is 0 Å². The molecule has 2 amide bonds. The Kier molecular flexibility index (Phi) is 9.92. The van der Waals surface area contributed by atoms with Gasteiger partial charge in [0.15, 0.2) is 0 Å². The lowest BCUT2D eigenvalue weighted by atomic mass is 9.99. The first kappa shape index (κ1) is 16.2. The molecule has 0 bridgehead atoms. The summed E-state index contributed by atoms with van der Waals surface area (Å²) < 4.78 is 0. The second-order valence-electron chi connectivity index (χ2n) is 4.75. The highest BCUT2D eigenvalue weighted by Crippen LogP contribution is 2.10. The molecule has 4 heteroatoms. The van der Waals surface area contributed by atoms with Crippen molar-refractivity contribution in [2.45, 2.75) is 39.5 Å². The van der Waals surface area contributed by atoms with Gasteiger partial charge in [-0.1, -0.05) is 33.1 Å². The van der Waals surface area contributed by atoms with E-state index in [0.717, 1.165) is 19.0 Å². The highest BCUT2D eigenvalue weighted by Gasteiger charge is 2.05. The average molecular weight is 243 g/mol. The number of carbonyl (C=O) groups excluding carboxylic acids is 1. The molecule has 0 radical (unpaired) electrons. The largest absolute Gasteiger partial charge is 0.337 e. The maximum atomic E-state index is 11.2. The molecular weight excluding hydrogens is 214 g/mol. The zero-order valence-corrected chi connectivity index (χ0v) is 11.9. The summed E-state index contributed by atoms with van der Waals surface area (Å²) in [7, 11) is 3.50. The zero-order valence-electron chi connectivity index (χ0n) is 11.9. The van der Waals surface area contributed by atoms with Crippen molar-refractivity contribution in [3.05, 3.63) is 0 Å². The number of unbranched alkanes of at least 4 members (excludes halogenated alkanes) is 1. The van der Waals surface area contributed by atoms with Gasteiger partial charge in [0.05, 0.1) is 0 Å². The van der Waals surface area contributed by atoms with E-state index in [2.05, 4.69) is 24.5 Å². The van der Waals surface area contributed by atoms with Crippen LogP contribution in [0.2, 0.25) is 0 Å². The quantitative estimate of drug-likeness (QED) is 0.609. The van der Waals surface area contributed by atoms with Crippen LogP contribution in [0.15, 0.2) is 0 Å². The van der Waals surface area contributed by atoms with Crippen LogP contribution in [0.5, 0.6) is 0 Å². The van der Waals surface area contributed by atoms with Crippen LogP contribution in [0.3, 0.4) is 0 Å². The average Bonchev–Trinajstić information content (AvgIpc) is 2.32. The predicted octanol–water partition coefficient (Wildman–Crippen LogP) is 2.06. The first-order valence-electron chi connectivity index (χ1n) is 6.77. The number of hydrogen-bond donors (Lipinski definition) is 2. The van der Waals surface area contributed by atoms with E-state index < -0.39 is 0 Å². The van der Waals surface area contributed by atoms with Crippen molar-refractivity contribution < 1.29 is 4.79 Å². The maximum Gasteiger partial charge on any atom is 0.316 e. The molecule has 2 N–H and O–H groups in total. The second-order valence-corrected chi connectivity index (χ2v) is 4.75. The van der Waals surface area contributed by atoms with Crippen LogP contribution >= 0.6 is 0 Å². The molecule has 0 aliphatic carbocycles. The van der Waals surface area contributed by atoms with Crippen LogP contribution < -0.4 is 10.6 Å². The van der Waals surface area contributed by atoms with E-state index in [-0.39, 0.29) is 6.03 Å². The van der Waals surface area contributed by atoms with Gasteiger partial charge in [-0.05, 0) is 18.9 Å². The second kappa shape index (κ2) is 10.4. The summed E-state index contributed by atoms with van der Waals surface area (Å²) >= 11 is 0. The molecule has 0 saturated carbocycles. The van der Waals surface area contributed by atoms with E-state index in [1.807, 2.05) is 0 Å². The van der Waals surface area contributed by atoms with Crippen LogP contribution in [0.1, 0.15) is 39.5 Å². The van der Waals surface area contributed by atoms with E-state index >= 15 is 0 Å². The topological polar surface area (TPSA) is 44.4 Å². The molecule has 0 spiro atoms. The molecule has 0 rings (SSSR count). The maximum absolute atomic E-state index is 11.2. The number of nitrogens with zero attached hydrogens (tertiary/aromatic N) is 1. The number of carbonyl (C=O) groups is 1. The van der Waals surface area contributed by atoms with Crippen molar-refractivity contribution in [2.24, 2.45) is 5.92 Å². The summed E-state index contributed by atoms with van der Waals surface area (Å²) in [6.07, 6.45) is 5.13. The predicted molar refractivity (Wildman–Crippen MR) is 73.3 cm³/mol. The van der Waals surface area contributed by atoms with Gasteiger partial charge in [-0.15, -0.1) is 0 Å². The molecule has 17 heavy (non-hydrogen) atoms. The number of amides is 2. The fourth-order valence-electron chi connectivity index (χ4n) is 1.67. The van der Waals surface area contributed by atoms with E-state index in [1.54, 1.807) is 19.0 Å². The fraction of sp³-hybridized carbons (Fsp3) is 0.923. The Morgan fingerprint density at radius 3 is 2.47 bits per heavy atom. The van der Waals surface area contributed by atoms with Gasteiger partial charge < -0.3 is 15.5 Å². The van der Waals surface area contributed by atoms with Gasteiger partial charge in [-0.25, -0.2) is 4.79 Å². The molecule has 102 valence electrons. The highest BCUT2D eigenvalue weighted by molar-refractivity contribution is 5.73. The number of hydrogen-bond acceptors (Lipinski definition) is 2. The van der Waals surface area contributed by atoms with Gasteiger partial charge in [-0.3, -0.25) is 0 Å². The molecule has 0 fully saturated rings. The Bertz CT molecular complexity index is 195. The summed E-state index contributed by atoms with van der Waals surface area (Å²) in [5.41, 5.74) is 0. The lowest BCUT2D eigenvalue weighted by Crippen LogP contribution is -2.39. The number of rotatable bonds is 9. The summed E-state index contributed by atoms with van der Waals surface area (Å²) in [6.45, 7) is 7.09. The first-order chi connectivity index (χ1) is 8.11. The van der Waals surface area contributed by atoms with Crippen LogP contribution in [-0.2, 0) is 0 Å². The molecule has 0 aromatic carbocycles. The third-order valence-corrected chi connectivity index (χ3v) is 2.96. The molecule has 0 aliphatic heterocycles. The summed E-state index contributed by atoms with van der Waals surface area (Å²) in [5, 5.41) is 6.25. The molecule has 1 atom stereocenters. The Morgan fingerprint density at radius 1 is 1.24 bits per heavy atom. The SMILES string of the molecule is CCCCC(CC)CNCCNC(=O)N(C)C. The van der Waals surface area contributed by atoms with Gasteiger partial charge in [0.2, 0.25) is 0 Å². The Balaban J connectivity index is 3.45. The first-order valence-corrected chi connectivity index (χ1v) is 6.77. The molecule has 0 aromatic heterocycles. The molecule has 4 nitrogen and oxygen atoms in total. The Morgan fingerprint density at radius 2 is 1.94 bits per heavy atom. The molecule has 0 heterocycles.